The lowest BCUT2D eigenvalue weighted by atomic mass is 9.83. The molecule has 1 aromatic rings. The molecule has 112 valence electrons. The third-order valence-corrected chi connectivity index (χ3v) is 4.60. The Morgan fingerprint density at radius 2 is 1.95 bits per heavy atom. The maximum atomic E-state index is 6.34. The van der Waals surface area contributed by atoms with E-state index in [1.54, 1.807) is 0 Å². The molecule has 0 amide bonds. The number of hydrogen-bond donors (Lipinski definition) is 1. The molecule has 1 heterocycles. The molecule has 1 atom stereocenters. The second-order valence-electron chi connectivity index (χ2n) is 6.42. The van der Waals surface area contributed by atoms with Gasteiger partial charge in [-0.1, -0.05) is 45.9 Å². The average molecular weight is 275 g/mol. The largest absolute Gasteiger partial charge is 0.487 e. The third-order valence-electron chi connectivity index (χ3n) is 4.60. The summed E-state index contributed by atoms with van der Waals surface area (Å²) in [6, 6.07) is 8.94. The lowest BCUT2D eigenvalue weighted by molar-refractivity contribution is 0.0227. The Morgan fingerprint density at radius 3 is 2.60 bits per heavy atom. The van der Waals surface area contributed by atoms with Crippen molar-refractivity contribution < 1.29 is 4.74 Å². The fourth-order valence-electron chi connectivity index (χ4n) is 3.03. The molecule has 0 saturated carbocycles. The Morgan fingerprint density at radius 1 is 1.25 bits per heavy atom. The minimum absolute atomic E-state index is 0.00382. The van der Waals surface area contributed by atoms with Crippen molar-refractivity contribution in [1.29, 1.82) is 0 Å². The zero-order valence-corrected chi connectivity index (χ0v) is 13.4. The summed E-state index contributed by atoms with van der Waals surface area (Å²) in [7, 11) is 0. The molecular formula is C18H29NO. The SMILES string of the molecule is CCC1(CC)CC(NCCC(C)C)c2ccccc2O1. The Labute approximate surface area is 123 Å². The second-order valence-corrected chi connectivity index (χ2v) is 6.42. The number of benzene rings is 1. The molecule has 1 aromatic carbocycles. The Hall–Kier alpha value is -1.02. The van der Waals surface area contributed by atoms with Crippen molar-refractivity contribution in [1.82, 2.24) is 5.32 Å². The van der Waals surface area contributed by atoms with Crippen LogP contribution in [0.5, 0.6) is 5.75 Å². The predicted molar refractivity (Wildman–Crippen MR) is 85.2 cm³/mol. The van der Waals surface area contributed by atoms with Gasteiger partial charge >= 0.3 is 0 Å². The first-order valence-electron chi connectivity index (χ1n) is 8.11. The number of ether oxygens (including phenoxy) is 1. The Bertz CT molecular complexity index is 423. The number of rotatable bonds is 6. The molecule has 1 N–H and O–H groups in total. The van der Waals surface area contributed by atoms with Crippen molar-refractivity contribution in [2.24, 2.45) is 5.92 Å². The number of para-hydroxylation sites is 1. The van der Waals surface area contributed by atoms with Gasteiger partial charge in [0.05, 0.1) is 0 Å². The standard InChI is InChI=1S/C18H29NO/c1-5-18(6-2)13-16(19-12-11-14(3)4)15-9-7-8-10-17(15)20-18/h7-10,14,16,19H,5-6,11-13H2,1-4H3. The fraction of sp³-hybridized carbons (Fsp3) is 0.667. The van der Waals surface area contributed by atoms with Gasteiger partial charge in [0.15, 0.2) is 0 Å². The van der Waals surface area contributed by atoms with Crippen molar-refractivity contribution >= 4 is 0 Å². The molecule has 1 unspecified atom stereocenters. The molecule has 2 nitrogen and oxygen atoms in total. The predicted octanol–water partition coefficient (Wildman–Crippen LogP) is 4.70. The van der Waals surface area contributed by atoms with Gasteiger partial charge in [-0.3, -0.25) is 0 Å². The van der Waals surface area contributed by atoms with Crippen molar-refractivity contribution in [3.8, 4) is 5.75 Å². The van der Waals surface area contributed by atoms with E-state index in [4.69, 9.17) is 4.74 Å². The molecule has 0 bridgehead atoms. The summed E-state index contributed by atoms with van der Waals surface area (Å²) in [6.45, 7) is 10.1. The molecule has 2 heteroatoms. The van der Waals surface area contributed by atoms with Crippen molar-refractivity contribution in [2.45, 2.75) is 65.0 Å². The first-order chi connectivity index (χ1) is 9.60. The third kappa shape index (κ3) is 3.35. The van der Waals surface area contributed by atoms with E-state index in [0.29, 0.717) is 6.04 Å². The molecule has 1 aliphatic heterocycles. The van der Waals surface area contributed by atoms with Crippen LogP contribution in [0.15, 0.2) is 24.3 Å². The first-order valence-corrected chi connectivity index (χ1v) is 8.11. The van der Waals surface area contributed by atoms with Gasteiger partial charge in [-0.25, -0.2) is 0 Å². The summed E-state index contributed by atoms with van der Waals surface area (Å²) in [5, 5.41) is 3.75. The van der Waals surface area contributed by atoms with E-state index in [2.05, 4.69) is 57.3 Å². The van der Waals surface area contributed by atoms with Crippen LogP contribution >= 0.6 is 0 Å². The molecule has 0 saturated heterocycles. The Kier molecular flexibility index (Phi) is 5.09. The van der Waals surface area contributed by atoms with E-state index in [1.807, 2.05) is 0 Å². The summed E-state index contributed by atoms with van der Waals surface area (Å²) in [5.74, 6) is 1.82. The topological polar surface area (TPSA) is 21.3 Å². The van der Waals surface area contributed by atoms with Crippen LogP contribution in [0.4, 0.5) is 0 Å². The number of fused-ring (bicyclic) bond motifs is 1. The fourth-order valence-corrected chi connectivity index (χ4v) is 3.03. The molecule has 0 radical (unpaired) electrons. The van der Waals surface area contributed by atoms with E-state index in [1.165, 1.54) is 12.0 Å². The first kappa shape index (κ1) is 15.4. The van der Waals surface area contributed by atoms with Crippen LogP contribution in [0, 0.1) is 5.92 Å². The minimum Gasteiger partial charge on any atom is -0.487 e. The summed E-state index contributed by atoms with van der Waals surface area (Å²) >= 11 is 0. The smallest absolute Gasteiger partial charge is 0.124 e. The van der Waals surface area contributed by atoms with Crippen LogP contribution in [0.1, 0.15) is 65.0 Å². The minimum atomic E-state index is 0.00382. The molecule has 20 heavy (non-hydrogen) atoms. The normalized spacial score (nSPS) is 20.6. The Balaban J connectivity index is 2.16. The lowest BCUT2D eigenvalue weighted by Gasteiger charge is -2.42. The van der Waals surface area contributed by atoms with E-state index < -0.39 is 0 Å². The summed E-state index contributed by atoms with van der Waals surface area (Å²) in [6.07, 6.45) is 4.44. The maximum Gasteiger partial charge on any atom is 0.124 e. The monoisotopic (exact) mass is 275 g/mol. The molecule has 0 aromatic heterocycles. The van der Waals surface area contributed by atoms with Gasteiger partial charge in [-0.2, -0.15) is 0 Å². The van der Waals surface area contributed by atoms with Gasteiger partial charge < -0.3 is 10.1 Å². The molecule has 0 spiro atoms. The summed E-state index contributed by atoms with van der Waals surface area (Å²) < 4.78 is 6.34. The number of hydrogen-bond acceptors (Lipinski definition) is 2. The van der Waals surface area contributed by atoms with Gasteiger partial charge in [0.2, 0.25) is 0 Å². The molecular weight excluding hydrogens is 246 g/mol. The van der Waals surface area contributed by atoms with Crippen LogP contribution in [0.25, 0.3) is 0 Å². The van der Waals surface area contributed by atoms with E-state index in [9.17, 15) is 0 Å². The van der Waals surface area contributed by atoms with Crippen molar-refractivity contribution in [2.75, 3.05) is 6.54 Å². The van der Waals surface area contributed by atoms with E-state index in [-0.39, 0.29) is 5.60 Å². The quantitative estimate of drug-likeness (QED) is 0.812. The highest BCUT2D eigenvalue weighted by Gasteiger charge is 2.37. The van der Waals surface area contributed by atoms with Crippen LogP contribution in [0.2, 0.25) is 0 Å². The van der Waals surface area contributed by atoms with Gasteiger partial charge in [0.25, 0.3) is 0 Å². The van der Waals surface area contributed by atoms with Crippen LogP contribution in [-0.2, 0) is 0 Å². The second kappa shape index (κ2) is 6.62. The zero-order chi connectivity index (χ0) is 14.6. The van der Waals surface area contributed by atoms with Gasteiger partial charge in [-0.15, -0.1) is 0 Å². The van der Waals surface area contributed by atoms with Crippen molar-refractivity contribution in [3.63, 3.8) is 0 Å². The molecule has 2 rings (SSSR count). The maximum absolute atomic E-state index is 6.34. The lowest BCUT2D eigenvalue weighted by Crippen LogP contribution is -2.43. The van der Waals surface area contributed by atoms with Crippen LogP contribution in [-0.4, -0.2) is 12.1 Å². The number of nitrogens with one attached hydrogen (secondary N) is 1. The van der Waals surface area contributed by atoms with Gasteiger partial charge in [0, 0.05) is 18.0 Å². The molecule has 1 aliphatic rings. The molecule has 0 fully saturated rings. The summed E-state index contributed by atoms with van der Waals surface area (Å²) in [4.78, 5) is 0. The van der Waals surface area contributed by atoms with Gasteiger partial charge in [0.1, 0.15) is 11.4 Å². The zero-order valence-electron chi connectivity index (χ0n) is 13.4. The molecule has 0 aliphatic carbocycles. The van der Waals surface area contributed by atoms with Crippen LogP contribution in [0.3, 0.4) is 0 Å². The average Bonchev–Trinajstić information content (AvgIpc) is 2.46. The summed E-state index contributed by atoms with van der Waals surface area (Å²) in [5.41, 5.74) is 1.33. The van der Waals surface area contributed by atoms with E-state index in [0.717, 1.165) is 37.5 Å². The highest BCUT2D eigenvalue weighted by molar-refractivity contribution is 5.38. The van der Waals surface area contributed by atoms with E-state index >= 15 is 0 Å². The van der Waals surface area contributed by atoms with Gasteiger partial charge in [-0.05, 0) is 37.8 Å². The highest BCUT2D eigenvalue weighted by Crippen LogP contribution is 2.42. The highest BCUT2D eigenvalue weighted by atomic mass is 16.5. The van der Waals surface area contributed by atoms with Crippen LogP contribution < -0.4 is 10.1 Å². The van der Waals surface area contributed by atoms with Crippen molar-refractivity contribution in [3.05, 3.63) is 29.8 Å².